The molecule has 0 radical (unpaired) electrons. The molecule has 6 rings (SSSR count). The maximum Gasteiger partial charge on any atom is 0.240 e. The lowest BCUT2D eigenvalue weighted by Crippen LogP contribution is -2.33. The molecule has 0 spiro atoms. The predicted molar refractivity (Wildman–Crippen MR) is 136 cm³/mol. The van der Waals surface area contributed by atoms with Gasteiger partial charge in [0.2, 0.25) is 5.91 Å². The number of nitrogens with one attached hydrogen (secondary N) is 1. The molecule has 184 valence electrons. The third kappa shape index (κ3) is 3.64. The van der Waals surface area contributed by atoms with E-state index in [9.17, 15) is 14.3 Å². The van der Waals surface area contributed by atoms with Crippen LogP contribution in [0.5, 0.6) is 5.75 Å². The van der Waals surface area contributed by atoms with Crippen LogP contribution in [0.4, 0.5) is 16.0 Å². The lowest BCUT2D eigenvalue weighted by Gasteiger charge is -2.23. The second-order valence-corrected chi connectivity index (χ2v) is 9.38. The first-order valence-corrected chi connectivity index (χ1v) is 11.7. The Labute approximate surface area is 214 Å². The number of phenolic OH excluding ortho intramolecular Hbond substituents is 1. The molecule has 1 aliphatic rings. The number of rotatable bonds is 4. The van der Waals surface area contributed by atoms with Gasteiger partial charge in [-0.05, 0) is 42.3 Å². The third-order valence-electron chi connectivity index (χ3n) is 6.58. The van der Waals surface area contributed by atoms with E-state index in [-0.39, 0.29) is 17.5 Å². The number of halogens is 2. The Bertz CT molecular complexity index is 1740. The molecule has 4 heterocycles. The molecule has 0 saturated heterocycles. The summed E-state index contributed by atoms with van der Waals surface area (Å²) < 4.78 is 16.0. The molecule has 0 bridgehead atoms. The van der Waals surface area contributed by atoms with Crippen molar-refractivity contribution < 1.29 is 14.3 Å². The van der Waals surface area contributed by atoms with Crippen LogP contribution >= 0.6 is 11.6 Å². The number of fused-ring (bicyclic) bond motifs is 2. The SMILES string of the molecule is CC1(c2ccc(O)c(F)c2)C(=O)Nc2nc(-c3cn4ccnc4c(Cc4cccc(Cl)c4)n3)nc(N)c21. The van der Waals surface area contributed by atoms with Gasteiger partial charge in [0.1, 0.15) is 22.7 Å². The highest BCUT2D eigenvalue weighted by molar-refractivity contribution is 6.30. The smallest absolute Gasteiger partial charge is 0.240 e. The van der Waals surface area contributed by atoms with Gasteiger partial charge in [-0.2, -0.15) is 0 Å². The van der Waals surface area contributed by atoms with Gasteiger partial charge in [-0.1, -0.05) is 29.8 Å². The standard InChI is InChI=1S/C26H19ClFN7O2/c1-26(14-5-6-19(36)16(28)11-14)20-21(29)32-22(33-23(20)34-25(26)37)18-12-35-8-7-30-24(35)17(31-18)10-13-3-2-4-15(27)9-13/h2-9,11-12,36H,10H2,1H3,(H3,29,32,33,34,37). The van der Waals surface area contributed by atoms with Crippen LogP contribution in [0, 0.1) is 5.82 Å². The third-order valence-corrected chi connectivity index (χ3v) is 6.82. The molecular formula is C26H19ClFN7O2. The van der Waals surface area contributed by atoms with Crippen molar-refractivity contribution in [1.29, 1.82) is 0 Å². The van der Waals surface area contributed by atoms with Crippen LogP contribution in [0.15, 0.2) is 61.1 Å². The highest BCUT2D eigenvalue weighted by atomic mass is 35.5. The fraction of sp³-hybridized carbons (Fsp3) is 0.115. The Kier molecular flexibility index (Phi) is 5.09. The summed E-state index contributed by atoms with van der Waals surface area (Å²) >= 11 is 6.16. The summed E-state index contributed by atoms with van der Waals surface area (Å²) in [6.07, 6.45) is 5.66. The van der Waals surface area contributed by atoms with Crippen LogP contribution in [0.25, 0.3) is 17.2 Å². The number of aromatic hydroxyl groups is 1. The average Bonchev–Trinajstić information content (AvgIpc) is 3.44. The second kappa shape index (κ2) is 8.24. The number of nitrogens with zero attached hydrogens (tertiary/aromatic N) is 5. The van der Waals surface area contributed by atoms with Crippen LogP contribution in [-0.2, 0) is 16.6 Å². The van der Waals surface area contributed by atoms with Gasteiger partial charge in [-0.3, -0.25) is 4.79 Å². The van der Waals surface area contributed by atoms with Gasteiger partial charge in [0.15, 0.2) is 23.0 Å². The molecule has 37 heavy (non-hydrogen) atoms. The van der Waals surface area contributed by atoms with Crippen LogP contribution in [0.1, 0.15) is 29.3 Å². The second-order valence-electron chi connectivity index (χ2n) is 8.94. The van der Waals surface area contributed by atoms with E-state index in [2.05, 4.69) is 20.3 Å². The van der Waals surface area contributed by atoms with Crippen molar-refractivity contribution in [1.82, 2.24) is 24.3 Å². The number of nitrogen functional groups attached to an aromatic ring is 1. The summed E-state index contributed by atoms with van der Waals surface area (Å²) in [5, 5.41) is 13.0. The summed E-state index contributed by atoms with van der Waals surface area (Å²) in [6.45, 7) is 1.61. The van der Waals surface area contributed by atoms with Crippen LogP contribution in [-0.4, -0.2) is 35.4 Å². The van der Waals surface area contributed by atoms with Gasteiger partial charge in [0.25, 0.3) is 0 Å². The summed E-state index contributed by atoms with van der Waals surface area (Å²) in [5.74, 6) is -1.32. The molecule has 1 unspecified atom stereocenters. The Morgan fingerprint density at radius 2 is 2.03 bits per heavy atom. The van der Waals surface area contributed by atoms with Gasteiger partial charge in [-0.25, -0.2) is 24.3 Å². The first-order chi connectivity index (χ1) is 17.7. The minimum atomic E-state index is -1.36. The molecule has 1 aliphatic heterocycles. The van der Waals surface area contributed by atoms with Crippen molar-refractivity contribution in [2.75, 3.05) is 11.1 Å². The van der Waals surface area contributed by atoms with E-state index in [0.29, 0.717) is 39.6 Å². The number of carbonyl (C=O) groups excluding carboxylic acids is 1. The van der Waals surface area contributed by atoms with E-state index in [1.165, 1.54) is 12.1 Å². The molecule has 0 aliphatic carbocycles. The van der Waals surface area contributed by atoms with E-state index < -0.39 is 22.9 Å². The number of carbonyl (C=O) groups is 1. The number of phenols is 1. The van der Waals surface area contributed by atoms with Gasteiger partial charge >= 0.3 is 0 Å². The lowest BCUT2D eigenvalue weighted by molar-refractivity contribution is -0.119. The Hall–Kier alpha value is -4.57. The van der Waals surface area contributed by atoms with Crippen LogP contribution in [0.3, 0.4) is 0 Å². The molecule has 4 N–H and O–H groups in total. The maximum atomic E-state index is 14.1. The lowest BCUT2D eigenvalue weighted by atomic mass is 9.77. The maximum absolute atomic E-state index is 14.1. The minimum absolute atomic E-state index is 0.0539. The molecule has 1 atom stereocenters. The van der Waals surface area contributed by atoms with Gasteiger partial charge in [-0.15, -0.1) is 0 Å². The van der Waals surface area contributed by atoms with Crippen molar-refractivity contribution in [3.63, 3.8) is 0 Å². The number of anilines is 2. The summed E-state index contributed by atoms with van der Waals surface area (Å²) in [5.41, 5.74) is 8.40. The van der Waals surface area contributed by atoms with E-state index >= 15 is 0 Å². The van der Waals surface area contributed by atoms with E-state index in [0.717, 1.165) is 11.6 Å². The van der Waals surface area contributed by atoms with Crippen molar-refractivity contribution in [2.45, 2.75) is 18.8 Å². The molecule has 5 aromatic rings. The number of amides is 1. The highest BCUT2D eigenvalue weighted by Crippen LogP contribution is 2.45. The number of hydrogen-bond acceptors (Lipinski definition) is 7. The zero-order valence-electron chi connectivity index (χ0n) is 19.4. The molecular weight excluding hydrogens is 497 g/mol. The molecule has 0 fully saturated rings. The molecule has 11 heteroatoms. The first kappa shape index (κ1) is 22.9. The van der Waals surface area contributed by atoms with Crippen molar-refractivity contribution in [3.8, 4) is 17.3 Å². The Balaban J connectivity index is 1.46. The monoisotopic (exact) mass is 515 g/mol. The Morgan fingerprint density at radius 3 is 2.81 bits per heavy atom. The fourth-order valence-corrected chi connectivity index (χ4v) is 4.89. The first-order valence-electron chi connectivity index (χ1n) is 11.3. The molecule has 3 aromatic heterocycles. The number of imidazole rings is 1. The normalized spacial score (nSPS) is 16.7. The quantitative estimate of drug-likeness (QED) is 0.328. The van der Waals surface area contributed by atoms with Crippen molar-refractivity contribution in [2.24, 2.45) is 0 Å². The number of hydrogen-bond donors (Lipinski definition) is 3. The van der Waals surface area contributed by atoms with E-state index in [1.807, 2.05) is 22.6 Å². The van der Waals surface area contributed by atoms with Crippen molar-refractivity contribution >= 4 is 34.8 Å². The average molecular weight is 516 g/mol. The van der Waals surface area contributed by atoms with Crippen LogP contribution in [0.2, 0.25) is 5.02 Å². The highest BCUT2D eigenvalue weighted by Gasteiger charge is 2.48. The summed E-state index contributed by atoms with van der Waals surface area (Å²) in [7, 11) is 0. The zero-order valence-corrected chi connectivity index (χ0v) is 20.2. The van der Waals surface area contributed by atoms with Gasteiger partial charge < -0.3 is 20.6 Å². The van der Waals surface area contributed by atoms with Crippen LogP contribution < -0.4 is 11.1 Å². The molecule has 2 aromatic carbocycles. The topological polar surface area (TPSA) is 131 Å². The molecule has 9 nitrogen and oxygen atoms in total. The minimum Gasteiger partial charge on any atom is -0.505 e. The summed E-state index contributed by atoms with van der Waals surface area (Å²) in [6, 6.07) is 11.3. The number of nitrogens with two attached hydrogens (primary N) is 1. The largest absolute Gasteiger partial charge is 0.505 e. The van der Waals surface area contributed by atoms with Crippen molar-refractivity contribution in [3.05, 3.63) is 94.3 Å². The Morgan fingerprint density at radius 1 is 1.19 bits per heavy atom. The zero-order chi connectivity index (χ0) is 25.9. The van der Waals surface area contributed by atoms with Gasteiger partial charge in [0, 0.05) is 30.0 Å². The van der Waals surface area contributed by atoms with E-state index in [1.54, 1.807) is 31.6 Å². The number of aromatic nitrogens is 5. The number of benzene rings is 2. The predicted octanol–water partition coefficient (Wildman–Crippen LogP) is 4.12. The van der Waals surface area contributed by atoms with Gasteiger partial charge in [0.05, 0.1) is 11.3 Å². The molecule has 1 amide bonds. The fourth-order valence-electron chi connectivity index (χ4n) is 4.68. The molecule has 0 saturated carbocycles. The summed E-state index contributed by atoms with van der Waals surface area (Å²) in [4.78, 5) is 31.4. The van der Waals surface area contributed by atoms with E-state index in [4.69, 9.17) is 22.3 Å².